The van der Waals surface area contributed by atoms with Gasteiger partial charge in [-0.2, -0.15) is 0 Å². The van der Waals surface area contributed by atoms with Gasteiger partial charge in [-0.3, -0.25) is 4.79 Å². The number of benzene rings is 1. The Morgan fingerprint density at radius 1 is 1.16 bits per heavy atom. The molecule has 1 unspecified atom stereocenters. The van der Waals surface area contributed by atoms with E-state index in [1.807, 2.05) is 12.1 Å². The molecule has 166 valence electrons. The lowest BCUT2D eigenvalue weighted by molar-refractivity contribution is 0.0523. The molecule has 1 aromatic carbocycles. The van der Waals surface area contributed by atoms with Crippen molar-refractivity contribution in [3.8, 4) is 22.8 Å². The van der Waals surface area contributed by atoms with E-state index < -0.39 is 5.97 Å². The first-order valence-corrected chi connectivity index (χ1v) is 10.7. The Labute approximate surface area is 181 Å². The topological polar surface area (TPSA) is 76.0 Å². The fourth-order valence-corrected chi connectivity index (χ4v) is 4.32. The maximum absolute atomic E-state index is 12.8. The minimum Gasteiger partial charge on any atom is -0.493 e. The number of hydrogen-bond donors (Lipinski definition) is 0. The monoisotopic (exact) mass is 427 g/mol. The number of ether oxygens (including phenoxy) is 4. The molecule has 1 fully saturated rings. The van der Waals surface area contributed by atoms with Gasteiger partial charge in [0.05, 0.1) is 26.0 Å². The molecule has 1 aromatic heterocycles. The number of pyridine rings is 1. The van der Waals surface area contributed by atoms with Crippen LogP contribution in [0, 0.1) is 5.41 Å². The summed E-state index contributed by atoms with van der Waals surface area (Å²) < 4.78 is 23.7. The summed E-state index contributed by atoms with van der Waals surface area (Å²) in [7, 11) is 3.23. The van der Waals surface area contributed by atoms with Gasteiger partial charge in [0.25, 0.3) is 0 Å². The number of carbonyl (C=O) groups is 1. The van der Waals surface area contributed by atoms with E-state index in [1.54, 1.807) is 33.4 Å². The summed E-state index contributed by atoms with van der Waals surface area (Å²) in [5.74, 6) is 0.684. The normalized spacial score (nSPS) is 18.0. The number of fused-ring (bicyclic) bond motifs is 3. The zero-order valence-electron chi connectivity index (χ0n) is 18.5. The first-order valence-electron chi connectivity index (χ1n) is 10.7. The molecule has 2 aromatic rings. The average Bonchev–Trinajstić information content (AvgIpc) is 3.51. The van der Waals surface area contributed by atoms with Crippen LogP contribution >= 0.6 is 0 Å². The second-order valence-corrected chi connectivity index (χ2v) is 8.44. The van der Waals surface area contributed by atoms with Crippen LogP contribution in [0.4, 0.5) is 0 Å². The minimum atomic E-state index is -0.576. The number of rotatable bonds is 8. The van der Waals surface area contributed by atoms with Crippen molar-refractivity contribution >= 4 is 5.97 Å². The van der Waals surface area contributed by atoms with Gasteiger partial charge in [0, 0.05) is 31.0 Å². The standard InChI is InChI=1S/C24H29NO6/c1-5-30-23(27)17-14-25-18(13-19(17)26)16-12-20(29-4)21(31-9-8-28-3)10-15(16)11-22(25)24(2)6-7-24/h10,12-14,22H,5-9,11H2,1-4H3. The zero-order valence-corrected chi connectivity index (χ0v) is 18.5. The number of hydrogen-bond acceptors (Lipinski definition) is 6. The quantitative estimate of drug-likeness (QED) is 0.473. The molecule has 1 aliphatic heterocycles. The molecule has 0 amide bonds. The summed E-state index contributed by atoms with van der Waals surface area (Å²) >= 11 is 0. The SMILES string of the molecule is CCOC(=O)c1cn2c(cc1=O)-c1cc(OC)c(OCCOC)cc1CC2C1(C)CC1. The molecular weight excluding hydrogens is 398 g/mol. The van der Waals surface area contributed by atoms with Crippen LogP contribution in [0.5, 0.6) is 11.5 Å². The number of carbonyl (C=O) groups excluding carboxylic acids is 1. The lowest BCUT2D eigenvalue weighted by Crippen LogP contribution is -2.30. The summed E-state index contributed by atoms with van der Waals surface area (Å²) in [5.41, 5.74) is 2.69. The molecule has 0 bridgehead atoms. The van der Waals surface area contributed by atoms with Crippen LogP contribution in [0.15, 0.2) is 29.2 Å². The van der Waals surface area contributed by atoms with E-state index in [4.69, 9.17) is 18.9 Å². The highest BCUT2D eigenvalue weighted by atomic mass is 16.5. The minimum absolute atomic E-state index is 0.0785. The second kappa shape index (κ2) is 8.38. The molecule has 1 saturated carbocycles. The third-order valence-electron chi connectivity index (χ3n) is 6.38. The Morgan fingerprint density at radius 2 is 1.94 bits per heavy atom. The number of nitrogens with zero attached hydrogens (tertiary/aromatic N) is 1. The van der Waals surface area contributed by atoms with E-state index in [2.05, 4.69) is 11.5 Å². The third kappa shape index (κ3) is 3.94. The highest BCUT2D eigenvalue weighted by molar-refractivity contribution is 5.89. The predicted octanol–water partition coefficient (Wildman–Crippen LogP) is 3.62. The number of esters is 1. The Hall–Kier alpha value is -2.80. The van der Waals surface area contributed by atoms with Gasteiger partial charge in [-0.15, -0.1) is 0 Å². The van der Waals surface area contributed by atoms with Gasteiger partial charge in [-0.05, 0) is 49.3 Å². The Balaban J connectivity index is 1.84. The van der Waals surface area contributed by atoms with Gasteiger partial charge in [-0.1, -0.05) is 6.92 Å². The second-order valence-electron chi connectivity index (χ2n) is 8.44. The zero-order chi connectivity index (χ0) is 22.2. The molecule has 7 nitrogen and oxygen atoms in total. The van der Waals surface area contributed by atoms with Crippen molar-refractivity contribution in [3.63, 3.8) is 0 Å². The molecule has 0 radical (unpaired) electrons. The molecule has 0 saturated heterocycles. The average molecular weight is 427 g/mol. The van der Waals surface area contributed by atoms with Crippen LogP contribution in [0.2, 0.25) is 0 Å². The summed E-state index contributed by atoms with van der Waals surface area (Å²) in [6.45, 7) is 5.12. The van der Waals surface area contributed by atoms with Crippen LogP contribution < -0.4 is 14.9 Å². The first kappa shape index (κ1) is 21.4. The van der Waals surface area contributed by atoms with Gasteiger partial charge in [0.2, 0.25) is 0 Å². The Morgan fingerprint density at radius 3 is 2.58 bits per heavy atom. The summed E-state index contributed by atoms with van der Waals surface area (Å²) in [6, 6.07) is 5.62. The molecule has 2 heterocycles. The van der Waals surface area contributed by atoms with Crippen LogP contribution in [0.25, 0.3) is 11.3 Å². The summed E-state index contributed by atoms with van der Waals surface area (Å²) in [5, 5.41) is 0. The maximum Gasteiger partial charge on any atom is 0.343 e. The van der Waals surface area contributed by atoms with Crippen molar-refractivity contribution in [2.24, 2.45) is 5.41 Å². The van der Waals surface area contributed by atoms with Crippen molar-refractivity contribution in [2.75, 3.05) is 34.0 Å². The fraction of sp³-hybridized carbons (Fsp3) is 0.500. The number of methoxy groups -OCH3 is 2. The molecule has 4 rings (SSSR count). The molecule has 1 atom stereocenters. The maximum atomic E-state index is 12.8. The summed E-state index contributed by atoms with van der Waals surface area (Å²) in [4.78, 5) is 25.2. The van der Waals surface area contributed by atoms with Crippen molar-refractivity contribution in [1.82, 2.24) is 4.57 Å². The number of aromatic nitrogens is 1. The molecule has 31 heavy (non-hydrogen) atoms. The smallest absolute Gasteiger partial charge is 0.343 e. The van der Waals surface area contributed by atoms with Crippen molar-refractivity contribution < 1.29 is 23.7 Å². The largest absolute Gasteiger partial charge is 0.493 e. The molecular formula is C24H29NO6. The lowest BCUT2D eigenvalue weighted by Gasteiger charge is -2.35. The van der Waals surface area contributed by atoms with Crippen molar-refractivity contribution in [2.45, 2.75) is 39.2 Å². The van der Waals surface area contributed by atoms with Crippen LogP contribution in [0.3, 0.4) is 0 Å². The summed E-state index contributed by atoms with van der Waals surface area (Å²) in [6.07, 6.45) is 4.69. The van der Waals surface area contributed by atoms with Crippen LogP contribution in [-0.2, 0) is 15.9 Å². The molecule has 2 aliphatic rings. The third-order valence-corrected chi connectivity index (χ3v) is 6.38. The van der Waals surface area contributed by atoms with E-state index in [0.29, 0.717) is 24.7 Å². The van der Waals surface area contributed by atoms with Crippen molar-refractivity contribution in [1.29, 1.82) is 0 Å². The van der Waals surface area contributed by atoms with Gasteiger partial charge < -0.3 is 23.5 Å². The van der Waals surface area contributed by atoms with Gasteiger partial charge in [0.15, 0.2) is 16.9 Å². The Kier molecular flexibility index (Phi) is 5.79. The van der Waals surface area contributed by atoms with Crippen LogP contribution in [-0.4, -0.2) is 44.6 Å². The highest BCUT2D eigenvalue weighted by Crippen LogP contribution is 2.57. The van der Waals surface area contributed by atoms with Crippen LogP contribution in [0.1, 0.15) is 48.7 Å². The first-order chi connectivity index (χ1) is 14.9. The molecule has 0 spiro atoms. The highest BCUT2D eigenvalue weighted by Gasteiger charge is 2.47. The van der Waals surface area contributed by atoms with Gasteiger partial charge in [0.1, 0.15) is 12.2 Å². The van der Waals surface area contributed by atoms with Gasteiger partial charge in [-0.25, -0.2) is 4.79 Å². The van der Waals surface area contributed by atoms with E-state index in [0.717, 1.165) is 36.1 Å². The van der Waals surface area contributed by atoms with E-state index in [-0.39, 0.29) is 29.1 Å². The lowest BCUT2D eigenvalue weighted by atomic mass is 9.84. The van der Waals surface area contributed by atoms with Crippen molar-refractivity contribution in [3.05, 3.63) is 45.7 Å². The molecule has 1 aliphatic carbocycles. The van der Waals surface area contributed by atoms with Gasteiger partial charge >= 0.3 is 5.97 Å². The van der Waals surface area contributed by atoms with E-state index >= 15 is 0 Å². The Bertz CT molecular complexity index is 1050. The fourth-order valence-electron chi connectivity index (χ4n) is 4.32. The van der Waals surface area contributed by atoms with E-state index in [1.165, 1.54) is 0 Å². The predicted molar refractivity (Wildman–Crippen MR) is 116 cm³/mol. The molecule has 0 N–H and O–H groups in total. The molecule has 7 heteroatoms. The van der Waals surface area contributed by atoms with E-state index in [9.17, 15) is 9.59 Å².